The fourth-order valence-electron chi connectivity index (χ4n) is 2.10. The van der Waals surface area contributed by atoms with Crippen LogP contribution in [0.5, 0.6) is 0 Å². The molecule has 0 aliphatic carbocycles. The van der Waals surface area contributed by atoms with Crippen LogP contribution in [-0.4, -0.2) is 17.9 Å². The second kappa shape index (κ2) is 6.37. The first kappa shape index (κ1) is 15.0. The Labute approximate surface area is 124 Å². The number of nitrogen functional groups attached to an aromatic ring is 1. The van der Waals surface area contributed by atoms with E-state index in [1.165, 1.54) is 5.56 Å². The van der Waals surface area contributed by atoms with Crippen LogP contribution in [0.15, 0.2) is 36.5 Å². The maximum atomic E-state index is 12.6. The number of amides is 1. The van der Waals surface area contributed by atoms with Gasteiger partial charge in [-0.25, -0.2) is 0 Å². The largest absolute Gasteiger partial charge is 0.323 e. The van der Waals surface area contributed by atoms with Crippen molar-refractivity contribution in [3.63, 3.8) is 0 Å². The van der Waals surface area contributed by atoms with E-state index in [0.717, 1.165) is 17.8 Å². The highest BCUT2D eigenvalue weighted by molar-refractivity contribution is 6.09. The molecule has 0 bridgehead atoms. The number of nitrogens with zero attached hydrogens (tertiary/aromatic N) is 2. The van der Waals surface area contributed by atoms with E-state index in [2.05, 4.69) is 17.3 Å². The van der Waals surface area contributed by atoms with Crippen LogP contribution in [0.3, 0.4) is 0 Å². The number of aromatic nitrogens is 1. The zero-order chi connectivity index (χ0) is 15.4. The van der Waals surface area contributed by atoms with E-state index in [1.807, 2.05) is 31.2 Å². The number of carbonyl (C=O) groups is 1. The van der Waals surface area contributed by atoms with Gasteiger partial charge in [0.05, 0.1) is 11.3 Å². The Morgan fingerprint density at radius 2 is 2.00 bits per heavy atom. The van der Waals surface area contributed by atoms with E-state index in [-0.39, 0.29) is 5.91 Å². The number of hydrogen-bond acceptors (Lipinski definition) is 4. The van der Waals surface area contributed by atoms with Gasteiger partial charge < -0.3 is 10.3 Å². The van der Waals surface area contributed by atoms with Crippen molar-refractivity contribution in [2.24, 2.45) is 5.84 Å². The molecule has 1 amide bonds. The fraction of sp³-hybridized carbons (Fsp3) is 0.250. The lowest BCUT2D eigenvalue weighted by Crippen LogP contribution is -2.28. The molecule has 2 rings (SSSR count). The number of benzene rings is 1. The normalized spacial score (nSPS) is 10.3. The molecular weight excluding hydrogens is 264 g/mol. The second-order valence-corrected chi connectivity index (χ2v) is 4.90. The Balaban J connectivity index is 2.30. The van der Waals surface area contributed by atoms with Gasteiger partial charge in [0.25, 0.3) is 5.91 Å². The Morgan fingerprint density at radius 1 is 1.33 bits per heavy atom. The number of pyridine rings is 1. The topological polar surface area (TPSA) is 71.2 Å². The first-order valence-electron chi connectivity index (χ1n) is 6.87. The minimum Gasteiger partial charge on any atom is -0.323 e. The summed E-state index contributed by atoms with van der Waals surface area (Å²) in [5.74, 6) is 5.33. The van der Waals surface area contributed by atoms with Crippen molar-refractivity contribution in [2.75, 3.05) is 17.4 Å². The van der Waals surface area contributed by atoms with Gasteiger partial charge in [0.15, 0.2) is 0 Å². The molecule has 1 aromatic carbocycles. The molecule has 1 heterocycles. The Kier molecular flexibility index (Phi) is 4.55. The number of carbonyl (C=O) groups excluding carboxylic acids is 1. The summed E-state index contributed by atoms with van der Waals surface area (Å²) in [6, 6.07) is 9.67. The number of nitrogens with two attached hydrogens (primary N) is 1. The average molecular weight is 284 g/mol. The van der Waals surface area contributed by atoms with E-state index in [0.29, 0.717) is 11.3 Å². The molecule has 0 aliphatic rings. The van der Waals surface area contributed by atoms with Gasteiger partial charge in [-0.3, -0.25) is 15.6 Å². The highest BCUT2D eigenvalue weighted by atomic mass is 16.2. The average Bonchev–Trinajstić information content (AvgIpc) is 2.53. The van der Waals surface area contributed by atoms with Gasteiger partial charge in [0.1, 0.15) is 0 Å². The molecule has 0 saturated carbocycles. The van der Waals surface area contributed by atoms with Crippen LogP contribution in [0.4, 0.5) is 11.4 Å². The molecule has 110 valence electrons. The van der Waals surface area contributed by atoms with Crippen molar-refractivity contribution >= 4 is 17.3 Å². The van der Waals surface area contributed by atoms with Crippen LogP contribution >= 0.6 is 0 Å². The first-order chi connectivity index (χ1) is 10.1. The second-order valence-electron chi connectivity index (χ2n) is 4.90. The third-order valence-corrected chi connectivity index (χ3v) is 3.46. The summed E-state index contributed by atoms with van der Waals surface area (Å²) < 4.78 is 0. The van der Waals surface area contributed by atoms with E-state index >= 15 is 0 Å². The zero-order valence-corrected chi connectivity index (χ0v) is 12.6. The van der Waals surface area contributed by atoms with Crippen LogP contribution in [0.2, 0.25) is 0 Å². The molecule has 0 spiro atoms. The number of rotatable bonds is 4. The van der Waals surface area contributed by atoms with Gasteiger partial charge in [0.2, 0.25) is 0 Å². The lowest BCUT2D eigenvalue weighted by molar-refractivity contribution is 0.0993. The SMILES string of the molecule is CCc1ccc(N(C)C(=O)c2cnc(C)cc2NN)cc1. The van der Waals surface area contributed by atoms with Crippen molar-refractivity contribution in [3.05, 3.63) is 53.3 Å². The Bertz CT molecular complexity index is 637. The van der Waals surface area contributed by atoms with Crippen molar-refractivity contribution < 1.29 is 4.79 Å². The van der Waals surface area contributed by atoms with E-state index < -0.39 is 0 Å². The first-order valence-corrected chi connectivity index (χ1v) is 6.87. The summed E-state index contributed by atoms with van der Waals surface area (Å²) in [7, 11) is 1.74. The van der Waals surface area contributed by atoms with Crippen LogP contribution in [0.25, 0.3) is 0 Å². The minimum atomic E-state index is -0.153. The van der Waals surface area contributed by atoms with Crippen molar-refractivity contribution in [3.8, 4) is 0 Å². The van der Waals surface area contributed by atoms with Gasteiger partial charge in [-0.1, -0.05) is 19.1 Å². The summed E-state index contributed by atoms with van der Waals surface area (Å²) in [5.41, 5.74) is 6.45. The predicted molar refractivity (Wildman–Crippen MR) is 85.3 cm³/mol. The van der Waals surface area contributed by atoms with Crippen molar-refractivity contribution in [1.29, 1.82) is 0 Å². The predicted octanol–water partition coefficient (Wildman–Crippen LogP) is 2.51. The molecule has 2 aromatic rings. The number of anilines is 2. The lowest BCUT2D eigenvalue weighted by Gasteiger charge is -2.19. The summed E-state index contributed by atoms with van der Waals surface area (Å²) in [6.45, 7) is 3.95. The summed E-state index contributed by atoms with van der Waals surface area (Å²) in [6.07, 6.45) is 2.52. The molecule has 0 aliphatic heterocycles. The Morgan fingerprint density at radius 3 is 2.57 bits per heavy atom. The maximum absolute atomic E-state index is 12.6. The molecule has 5 nitrogen and oxygen atoms in total. The third kappa shape index (κ3) is 3.20. The maximum Gasteiger partial charge on any atom is 0.261 e. The zero-order valence-electron chi connectivity index (χ0n) is 12.6. The van der Waals surface area contributed by atoms with Gasteiger partial charge in [-0.05, 0) is 37.1 Å². The third-order valence-electron chi connectivity index (χ3n) is 3.46. The molecule has 0 fully saturated rings. The standard InChI is InChI=1S/C16H20N4O/c1-4-12-5-7-13(8-6-12)20(3)16(21)14-10-18-11(2)9-15(14)19-17/h5-10H,4,17H2,1-3H3,(H,18,19). The number of hydrogen-bond donors (Lipinski definition) is 2. The number of hydrazine groups is 1. The van der Waals surface area contributed by atoms with Crippen LogP contribution in [0, 0.1) is 6.92 Å². The highest BCUT2D eigenvalue weighted by Crippen LogP contribution is 2.21. The van der Waals surface area contributed by atoms with Crippen molar-refractivity contribution in [2.45, 2.75) is 20.3 Å². The van der Waals surface area contributed by atoms with E-state index in [4.69, 9.17) is 5.84 Å². The minimum absolute atomic E-state index is 0.153. The molecule has 3 N–H and O–H groups in total. The molecule has 21 heavy (non-hydrogen) atoms. The summed E-state index contributed by atoms with van der Waals surface area (Å²) >= 11 is 0. The number of nitrogens with one attached hydrogen (secondary N) is 1. The molecular formula is C16H20N4O. The summed E-state index contributed by atoms with van der Waals surface area (Å²) in [5, 5.41) is 0. The molecule has 1 aromatic heterocycles. The number of aryl methyl sites for hydroxylation is 2. The van der Waals surface area contributed by atoms with Gasteiger partial charge in [0, 0.05) is 24.6 Å². The van der Waals surface area contributed by atoms with Crippen LogP contribution in [0.1, 0.15) is 28.5 Å². The monoisotopic (exact) mass is 284 g/mol. The molecule has 0 atom stereocenters. The molecule has 0 saturated heterocycles. The van der Waals surface area contributed by atoms with Gasteiger partial charge in [-0.2, -0.15) is 0 Å². The fourth-order valence-corrected chi connectivity index (χ4v) is 2.10. The van der Waals surface area contributed by atoms with E-state index in [1.54, 1.807) is 24.2 Å². The lowest BCUT2D eigenvalue weighted by atomic mass is 10.1. The summed E-state index contributed by atoms with van der Waals surface area (Å²) in [4.78, 5) is 18.3. The quantitative estimate of drug-likeness (QED) is 0.668. The van der Waals surface area contributed by atoms with Crippen LogP contribution in [-0.2, 0) is 6.42 Å². The van der Waals surface area contributed by atoms with Gasteiger partial charge in [-0.15, -0.1) is 0 Å². The van der Waals surface area contributed by atoms with Crippen LogP contribution < -0.4 is 16.2 Å². The molecule has 5 heteroatoms. The van der Waals surface area contributed by atoms with E-state index in [9.17, 15) is 4.79 Å². The van der Waals surface area contributed by atoms with Gasteiger partial charge >= 0.3 is 0 Å². The highest BCUT2D eigenvalue weighted by Gasteiger charge is 2.17. The molecule has 0 radical (unpaired) electrons. The smallest absolute Gasteiger partial charge is 0.261 e. The molecule has 0 unspecified atom stereocenters. The Hall–Kier alpha value is -2.40. The van der Waals surface area contributed by atoms with Crippen molar-refractivity contribution in [1.82, 2.24) is 4.98 Å².